The average molecular weight is 456 g/mol. The van der Waals surface area contributed by atoms with Crippen LogP contribution in [0.5, 0.6) is 0 Å². The molecule has 0 saturated carbocycles. The van der Waals surface area contributed by atoms with Crippen LogP contribution in [0.2, 0.25) is 0 Å². The van der Waals surface area contributed by atoms with Crippen molar-refractivity contribution < 1.29 is 5.11 Å². The van der Waals surface area contributed by atoms with E-state index in [-0.39, 0.29) is 6.10 Å². The predicted octanol–water partition coefficient (Wildman–Crippen LogP) is 6.42. The second-order valence-electron chi connectivity index (χ2n) is 10.6. The van der Waals surface area contributed by atoms with Gasteiger partial charge in [-0.05, 0) is 80.1 Å². The molecule has 0 heterocycles. The Hall–Kier alpha value is -0.160. The normalized spacial score (nSPS) is 13.0. The Morgan fingerprint density at radius 2 is 0.938 bits per heavy atom. The van der Waals surface area contributed by atoms with Gasteiger partial charge in [0.25, 0.3) is 0 Å². The van der Waals surface area contributed by atoms with Crippen molar-refractivity contribution in [3.05, 3.63) is 0 Å². The van der Waals surface area contributed by atoms with Crippen molar-refractivity contribution in [2.75, 3.05) is 60.4 Å². The number of aliphatic hydroxyl groups excluding tert-OH is 1. The second kappa shape index (κ2) is 24.0. The Bertz CT molecular complexity index is 363. The molecule has 0 fully saturated rings. The van der Waals surface area contributed by atoms with E-state index >= 15 is 0 Å². The van der Waals surface area contributed by atoms with E-state index in [4.69, 9.17) is 0 Å². The minimum Gasteiger partial charge on any atom is -0.392 e. The van der Waals surface area contributed by atoms with Crippen LogP contribution in [0.4, 0.5) is 0 Å². The molecule has 0 bridgehead atoms. The molecule has 0 aliphatic heterocycles. The largest absolute Gasteiger partial charge is 0.392 e. The molecule has 1 N–H and O–H groups in total. The molecule has 0 aromatic carbocycles. The summed E-state index contributed by atoms with van der Waals surface area (Å²) in [6, 6.07) is 0. The first kappa shape index (κ1) is 31.8. The van der Waals surface area contributed by atoms with Crippen molar-refractivity contribution in [3.63, 3.8) is 0 Å². The van der Waals surface area contributed by atoms with Crippen LogP contribution in [0, 0.1) is 0 Å². The molecule has 0 aliphatic rings. The Kier molecular flexibility index (Phi) is 23.9. The third-order valence-electron chi connectivity index (χ3n) is 6.51. The highest BCUT2D eigenvalue weighted by atomic mass is 16.3. The molecule has 194 valence electrons. The smallest absolute Gasteiger partial charge is 0.0639 e. The lowest BCUT2D eigenvalue weighted by Gasteiger charge is -2.25. The van der Waals surface area contributed by atoms with E-state index in [9.17, 15) is 5.11 Å². The summed E-state index contributed by atoms with van der Waals surface area (Å²) in [6.45, 7) is 10.7. The van der Waals surface area contributed by atoms with Crippen LogP contribution in [0.15, 0.2) is 0 Å². The van der Waals surface area contributed by atoms with Crippen LogP contribution in [0.25, 0.3) is 0 Å². The van der Waals surface area contributed by atoms with E-state index in [1.807, 2.05) is 6.92 Å². The SMILES string of the molecule is CCCCCCCCCCCCCCCCN(C)CCCN(CCCN(C)C)CC(C)O. The van der Waals surface area contributed by atoms with Crippen molar-refractivity contribution in [1.29, 1.82) is 0 Å². The summed E-state index contributed by atoms with van der Waals surface area (Å²) in [4.78, 5) is 7.18. The molecule has 0 aliphatic carbocycles. The highest BCUT2D eigenvalue weighted by Crippen LogP contribution is 2.13. The first-order valence-electron chi connectivity index (χ1n) is 14.2. The van der Waals surface area contributed by atoms with Crippen molar-refractivity contribution in [2.24, 2.45) is 0 Å². The Morgan fingerprint density at radius 3 is 1.38 bits per heavy atom. The lowest BCUT2D eigenvalue weighted by atomic mass is 10.0. The lowest BCUT2D eigenvalue weighted by Crippen LogP contribution is -2.35. The molecule has 0 radical (unpaired) electrons. The van der Waals surface area contributed by atoms with E-state index in [0.717, 1.165) is 26.2 Å². The van der Waals surface area contributed by atoms with Gasteiger partial charge >= 0.3 is 0 Å². The quantitative estimate of drug-likeness (QED) is 0.161. The zero-order valence-electron chi connectivity index (χ0n) is 22.9. The molecule has 0 saturated heterocycles. The van der Waals surface area contributed by atoms with Gasteiger partial charge in [-0.2, -0.15) is 0 Å². The maximum atomic E-state index is 9.77. The minimum absolute atomic E-state index is 0.234. The van der Waals surface area contributed by atoms with Crippen molar-refractivity contribution in [1.82, 2.24) is 14.7 Å². The summed E-state index contributed by atoms with van der Waals surface area (Å²) < 4.78 is 0. The van der Waals surface area contributed by atoms with Gasteiger partial charge in [-0.1, -0.05) is 90.4 Å². The molecule has 1 atom stereocenters. The van der Waals surface area contributed by atoms with Crippen molar-refractivity contribution in [3.8, 4) is 0 Å². The van der Waals surface area contributed by atoms with Crippen molar-refractivity contribution in [2.45, 2.75) is 123 Å². The first-order chi connectivity index (χ1) is 15.5. The van der Waals surface area contributed by atoms with E-state index in [0.29, 0.717) is 0 Å². The molecule has 0 aromatic heterocycles. The minimum atomic E-state index is -0.234. The van der Waals surface area contributed by atoms with Gasteiger partial charge < -0.3 is 19.8 Å². The standard InChI is InChI=1S/C28H61N3O/c1-6-7-8-9-10-11-12-13-14-15-16-17-18-19-23-30(5)24-21-26-31(27-28(2)32)25-20-22-29(3)4/h28,32H,6-27H2,1-5H3. The first-order valence-corrected chi connectivity index (χ1v) is 14.2. The summed E-state index contributed by atoms with van der Waals surface area (Å²) in [5.74, 6) is 0. The van der Waals surface area contributed by atoms with Gasteiger partial charge in [0.05, 0.1) is 6.10 Å². The summed E-state index contributed by atoms with van der Waals surface area (Å²) in [6.07, 6.45) is 22.1. The zero-order chi connectivity index (χ0) is 23.9. The summed E-state index contributed by atoms with van der Waals surface area (Å²) in [5, 5.41) is 9.77. The maximum Gasteiger partial charge on any atom is 0.0639 e. The average Bonchev–Trinajstić information content (AvgIpc) is 2.73. The highest BCUT2D eigenvalue weighted by molar-refractivity contribution is 4.64. The van der Waals surface area contributed by atoms with Crippen LogP contribution >= 0.6 is 0 Å². The number of hydrogen-bond donors (Lipinski definition) is 1. The maximum absolute atomic E-state index is 9.77. The number of aliphatic hydroxyl groups is 1. The van der Waals surface area contributed by atoms with Gasteiger partial charge in [-0.15, -0.1) is 0 Å². The van der Waals surface area contributed by atoms with Crippen LogP contribution < -0.4 is 0 Å². The van der Waals surface area contributed by atoms with Crippen LogP contribution in [-0.2, 0) is 0 Å². The van der Waals surface area contributed by atoms with Crippen LogP contribution in [0.1, 0.15) is 117 Å². The van der Waals surface area contributed by atoms with Crippen molar-refractivity contribution >= 4 is 0 Å². The Morgan fingerprint density at radius 1 is 0.531 bits per heavy atom. The van der Waals surface area contributed by atoms with Gasteiger partial charge in [0.15, 0.2) is 0 Å². The fraction of sp³-hybridized carbons (Fsp3) is 1.00. The zero-order valence-corrected chi connectivity index (χ0v) is 22.9. The van der Waals surface area contributed by atoms with Crippen LogP contribution in [-0.4, -0.2) is 86.3 Å². The fourth-order valence-electron chi connectivity index (χ4n) is 4.53. The van der Waals surface area contributed by atoms with Gasteiger partial charge in [0.2, 0.25) is 0 Å². The molecule has 4 heteroatoms. The lowest BCUT2D eigenvalue weighted by molar-refractivity contribution is 0.120. The number of hydrogen-bond acceptors (Lipinski definition) is 4. The molecule has 4 nitrogen and oxygen atoms in total. The van der Waals surface area contributed by atoms with Gasteiger partial charge in [-0.25, -0.2) is 0 Å². The highest BCUT2D eigenvalue weighted by Gasteiger charge is 2.09. The Labute approximate surface area is 203 Å². The van der Waals surface area contributed by atoms with E-state index in [1.54, 1.807) is 0 Å². The summed E-state index contributed by atoms with van der Waals surface area (Å²) in [7, 11) is 6.53. The van der Waals surface area contributed by atoms with E-state index in [1.165, 1.54) is 116 Å². The molecule has 0 amide bonds. The molecular formula is C28H61N3O. The molecule has 0 aromatic rings. The molecule has 1 unspecified atom stereocenters. The molecule has 32 heavy (non-hydrogen) atoms. The van der Waals surface area contributed by atoms with Crippen LogP contribution in [0.3, 0.4) is 0 Å². The van der Waals surface area contributed by atoms with Gasteiger partial charge in [0.1, 0.15) is 0 Å². The molecule has 0 rings (SSSR count). The van der Waals surface area contributed by atoms with E-state index < -0.39 is 0 Å². The third-order valence-corrected chi connectivity index (χ3v) is 6.51. The number of unbranched alkanes of at least 4 members (excludes halogenated alkanes) is 13. The number of nitrogens with zero attached hydrogens (tertiary/aromatic N) is 3. The molecule has 0 spiro atoms. The second-order valence-corrected chi connectivity index (χ2v) is 10.6. The fourth-order valence-corrected chi connectivity index (χ4v) is 4.53. The third kappa shape index (κ3) is 24.5. The predicted molar refractivity (Wildman–Crippen MR) is 144 cm³/mol. The summed E-state index contributed by atoms with van der Waals surface area (Å²) in [5.41, 5.74) is 0. The van der Waals surface area contributed by atoms with Gasteiger partial charge in [0, 0.05) is 6.54 Å². The Balaban J connectivity index is 3.51. The summed E-state index contributed by atoms with van der Waals surface area (Å²) >= 11 is 0. The topological polar surface area (TPSA) is 30.0 Å². The van der Waals surface area contributed by atoms with Gasteiger partial charge in [-0.3, -0.25) is 0 Å². The number of rotatable bonds is 25. The monoisotopic (exact) mass is 455 g/mol. The van der Waals surface area contributed by atoms with E-state index in [2.05, 4.69) is 42.8 Å². The molecular weight excluding hydrogens is 394 g/mol.